The molecule has 10 heavy (non-hydrogen) atoms. The Kier molecular flexibility index (Phi) is 2.08. The molecule has 5 nitrogen and oxygen atoms in total. The Labute approximate surface area is 59.3 Å². The van der Waals surface area contributed by atoms with E-state index < -0.39 is 0 Å². The van der Waals surface area contributed by atoms with Crippen molar-refractivity contribution in [3.05, 3.63) is 0 Å². The van der Waals surface area contributed by atoms with E-state index in [0.717, 1.165) is 0 Å². The van der Waals surface area contributed by atoms with Gasteiger partial charge in [-0.2, -0.15) is 0 Å². The Bertz CT molecular complexity index is 138. The standard InChI is InChI=1S/C5H12N4O/c6-1-2-9-4(7)3-8-5(9)10/h4H,1-3,6-7H2,(H,8,10). The topological polar surface area (TPSA) is 84.4 Å². The van der Waals surface area contributed by atoms with Crippen molar-refractivity contribution in [1.29, 1.82) is 0 Å². The summed E-state index contributed by atoms with van der Waals surface area (Å²) in [4.78, 5) is 12.4. The van der Waals surface area contributed by atoms with Crippen molar-refractivity contribution >= 4 is 6.03 Å². The monoisotopic (exact) mass is 144 g/mol. The molecule has 0 radical (unpaired) electrons. The van der Waals surface area contributed by atoms with Crippen LogP contribution in [0.2, 0.25) is 0 Å². The Balaban J connectivity index is 2.46. The van der Waals surface area contributed by atoms with Crippen molar-refractivity contribution < 1.29 is 4.79 Å². The van der Waals surface area contributed by atoms with Crippen LogP contribution in [0.4, 0.5) is 4.79 Å². The molecule has 1 aliphatic rings. The average molecular weight is 144 g/mol. The van der Waals surface area contributed by atoms with Gasteiger partial charge in [0.05, 0.1) is 12.7 Å². The summed E-state index contributed by atoms with van der Waals surface area (Å²) in [6.45, 7) is 1.52. The van der Waals surface area contributed by atoms with Crippen LogP contribution >= 0.6 is 0 Å². The van der Waals surface area contributed by atoms with E-state index in [4.69, 9.17) is 11.5 Å². The first kappa shape index (κ1) is 7.30. The lowest BCUT2D eigenvalue weighted by molar-refractivity contribution is 0.206. The summed E-state index contributed by atoms with van der Waals surface area (Å²) < 4.78 is 0. The largest absolute Gasteiger partial charge is 0.335 e. The number of nitrogens with one attached hydrogen (secondary N) is 1. The van der Waals surface area contributed by atoms with Gasteiger partial charge in [-0.3, -0.25) is 0 Å². The zero-order chi connectivity index (χ0) is 7.56. The van der Waals surface area contributed by atoms with E-state index in [1.807, 2.05) is 0 Å². The summed E-state index contributed by atoms with van der Waals surface area (Å²) in [5.74, 6) is 0. The molecule has 1 aliphatic heterocycles. The second-order valence-corrected chi connectivity index (χ2v) is 2.24. The molecule has 5 heteroatoms. The third-order valence-electron chi connectivity index (χ3n) is 1.49. The number of hydrogen-bond acceptors (Lipinski definition) is 3. The van der Waals surface area contributed by atoms with Crippen LogP contribution in [0.25, 0.3) is 0 Å². The van der Waals surface area contributed by atoms with Gasteiger partial charge in [0.2, 0.25) is 0 Å². The molecule has 0 saturated carbocycles. The van der Waals surface area contributed by atoms with Crippen molar-refractivity contribution in [2.24, 2.45) is 11.5 Å². The van der Waals surface area contributed by atoms with E-state index in [0.29, 0.717) is 19.6 Å². The minimum atomic E-state index is -0.198. The van der Waals surface area contributed by atoms with Crippen LogP contribution in [0.3, 0.4) is 0 Å². The molecule has 0 aromatic carbocycles. The first-order chi connectivity index (χ1) is 4.75. The quantitative estimate of drug-likeness (QED) is 0.430. The molecule has 5 N–H and O–H groups in total. The van der Waals surface area contributed by atoms with Gasteiger partial charge in [-0.1, -0.05) is 0 Å². The summed E-state index contributed by atoms with van der Waals surface area (Å²) >= 11 is 0. The van der Waals surface area contributed by atoms with Gasteiger partial charge in [0, 0.05) is 13.1 Å². The van der Waals surface area contributed by atoms with Gasteiger partial charge < -0.3 is 21.7 Å². The zero-order valence-electron chi connectivity index (χ0n) is 5.71. The molecule has 0 aliphatic carbocycles. The Morgan fingerprint density at radius 1 is 1.80 bits per heavy atom. The van der Waals surface area contributed by atoms with Crippen molar-refractivity contribution in [2.45, 2.75) is 6.17 Å². The van der Waals surface area contributed by atoms with Crippen molar-refractivity contribution in [3.8, 4) is 0 Å². The van der Waals surface area contributed by atoms with Crippen LogP contribution in [0.15, 0.2) is 0 Å². The molecule has 1 atom stereocenters. The second-order valence-electron chi connectivity index (χ2n) is 2.24. The zero-order valence-corrected chi connectivity index (χ0v) is 5.71. The normalized spacial score (nSPS) is 25.2. The summed E-state index contributed by atoms with van der Waals surface area (Å²) in [6.07, 6.45) is -0.198. The maximum atomic E-state index is 10.9. The Morgan fingerprint density at radius 3 is 2.90 bits per heavy atom. The van der Waals surface area contributed by atoms with E-state index in [1.165, 1.54) is 4.90 Å². The number of hydrogen-bond donors (Lipinski definition) is 3. The third-order valence-corrected chi connectivity index (χ3v) is 1.49. The van der Waals surface area contributed by atoms with E-state index in [9.17, 15) is 4.79 Å². The Morgan fingerprint density at radius 2 is 2.50 bits per heavy atom. The number of nitrogens with zero attached hydrogens (tertiary/aromatic N) is 1. The minimum absolute atomic E-state index is 0.113. The molecule has 1 rings (SSSR count). The van der Waals surface area contributed by atoms with Gasteiger partial charge >= 0.3 is 6.03 Å². The number of carbonyl (C=O) groups is 1. The third kappa shape index (κ3) is 1.19. The van der Waals surface area contributed by atoms with E-state index in [2.05, 4.69) is 5.32 Å². The maximum Gasteiger partial charge on any atom is 0.318 e. The summed E-state index contributed by atoms with van der Waals surface area (Å²) in [5.41, 5.74) is 10.8. The molecule has 0 bridgehead atoms. The van der Waals surface area contributed by atoms with Gasteiger partial charge in [-0.05, 0) is 0 Å². The first-order valence-electron chi connectivity index (χ1n) is 3.26. The molecule has 1 unspecified atom stereocenters. The van der Waals surface area contributed by atoms with Gasteiger partial charge in [-0.15, -0.1) is 0 Å². The summed E-state index contributed by atoms with van der Waals surface area (Å²) in [5, 5.41) is 2.61. The highest BCUT2D eigenvalue weighted by atomic mass is 16.2. The SMILES string of the molecule is NCCN1C(=O)NCC1N. The molecule has 1 saturated heterocycles. The van der Waals surface area contributed by atoms with Crippen LogP contribution in [0.1, 0.15) is 0 Å². The number of amides is 2. The fourth-order valence-corrected chi connectivity index (χ4v) is 0.961. The lowest BCUT2D eigenvalue weighted by Gasteiger charge is -2.17. The van der Waals surface area contributed by atoms with Crippen molar-refractivity contribution in [2.75, 3.05) is 19.6 Å². The molecule has 2 amide bonds. The predicted molar refractivity (Wildman–Crippen MR) is 37.1 cm³/mol. The van der Waals surface area contributed by atoms with Gasteiger partial charge in [0.15, 0.2) is 0 Å². The van der Waals surface area contributed by atoms with Crippen LogP contribution in [-0.2, 0) is 0 Å². The molecule has 1 fully saturated rings. The van der Waals surface area contributed by atoms with Crippen LogP contribution in [0, 0.1) is 0 Å². The number of nitrogens with two attached hydrogens (primary N) is 2. The molecular weight excluding hydrogens is 132 g/mol. The van der Waals surface area contributed by atoms with Gasteiger partial charge in [-0.25, -0.2) is 4.79 Å². The average Bonchev–Trinajstić information content (AvgIpc) is 2.20. The van der Waals surface area contributed by atoms with E-state index >= 15 is 0 Å². The number of carbonyl (C=O) groups excluding carboxylic acids is 1. The highest BCUT2D eigenvalue weighted by molar-refractivity contribution is 5.76. The molecule has 58 valence electrons. The number of urea groups is 1. The van der Waals surface area contributed by atoms with E-state index in [-0.39, 0.29) is 12.2 Å². The smallest absolute Gasteiger partial charge is 0.318 e. The maximum absolute atomic E-state index is 10.9. The number of rotatable bonds is 2. The lowest BCUT2D eigenvalue weighted by atomic mass is 10.4. The van der Waals surface area contributed by atoms with Crippen LogP contribution in [0.5, 0.6) is 0 Å². The predicted octanol–water partition coefficient (Wildman–Crippen LogP) is -1.74. The molecule has 1 heterocycles. The second kappa shape index (κ2) is 2.85. The fraction of sp³-hybridized carbons (Fsp3) is 0.800. The summed E-state index contributed by atoms with van der Waals surface area (Å²) in [7, 11) is 0. The highest BCUT2D eigenvalue weighted by Gasteiger charge is 2.25. The van der Waals surface area contributed by atoms with Gasteiger partial charge in [0.25, 0.3) is 0 Å². The minimum Gasteiger partial charge on any atom is -0.335 e. The molecule has 0 aromatic heterocycles. The molecule has 0 spiro atoms. The van der Waals surface area contributed by atoms with Crippen LogP contribution < -0.4 is 16.8 Å². The highest BCUT2D eigenvalue weighted by Crippen LogP contribution is 1.99. The Hall–Kier alpha value is -0.810. The molecule has 0 aromatic rings. The lowest BCUT2D eigenvalue weighted by Crippen LogP contribution is -2.42. The summed E-state index contributed by atoms with van der Waals surface area (Å²) in [6, 6.07) is -0.113. The fourth-order valence-electron chi connectivity index (χ4n) is 0.961. The van der Waals surface area contributed by atoms with Crippen LogP contribution in [-0.4, -0.2) is 36.7 Å². The van der Waals surface area contributed by atoms with E-state index in [1.54, 1.807) is 0 Å². The van der Waals surface area contributed by atoms with Crippen molar-refractivity contribution in [3.63, 3.8) is 0 Å². The van der Waals surface area contributed by atoms with Crippen molar-refractivity contribution in [1.82, 2.24) is 10.2 Å². The first-order valence-corrected chi connectivity index (χ1v) is 3.26. The van der Waals surface area contributed by atoms with Gasteiger partial charge in [0.1, 0.15) is 0 Å². The molecular formula is C5H12N4O.